The van der Waals surface area contributed by atoms with Gasteiger partial charge in [-0.05, 0) is 24.3 Å². The van der Waals surface area contributed by atoms with Crippen LogP contribution in [0, 0.1) is 11.6 Å². The van der Waals surface area contributed by atoms with E-state index < -0.39 is 17.5 Å². The summed E-state index contributed by atoms with van der Waals surface area (Å²) in [5.41, 5.74) is 5.98. The Morgan fingerprint density at radius 1 is 1.21 bits per heavy atom. The number of aliphatic hydroxyl groups excluding tert-OH is 1. The number of benzene rings is 2. The molecule has 33 heavy (non-hydrogen) atoms. The van der Waals surface area contributed by atoms with Crippen LogP contribution in [0.5, 0.6) is 5.75 Å². The number of hydrogen-bond donors (Lipinski definition) is 2. The van der Waals surface area contributed by atoms with Crippen LogP contribution in [0.2, 0.25) is 0 Å². The summed E-state index contributed by atoms with van der Waals surface area (Å²) in [7, 11) is 0. The van der Waals surface area contributed by atoms with Crippen LogP contribution in [-0.4, -0.2) is 44.0 Å². The van der Waals surface area contributed by atoms with Gasteiger partial charge in [0.1, 0.15) is 24.4 Å². The fourth-order valence-corrected chi connectivity index (χ4v) is 3.30. The lowest BCUT2D eigenvalue weighted by atomic mass is 10.2. The van der Waals surface area contributed by atoms with Crippen LogP contribution in [-0.2, 0) is 11.3 Å². The zero-order valence-corrected chi connectivity index (χ0v) is 17.4. The third-order valence-electron chi connectivity index (χ3n) is 4.74. The maximum atomic E-state index is 14.9. The maximum Gasteiger partial charge on any atom is 0.239 e. The van der Waals surface area contributed by atoms with E-state index in [0.29, 0.717) is 35.4 Å². The molecule has 2 heterocycles. The van der Waals surface area contributed by atoms with Crippen molar-refractivity contribution in [1.82, 2.24) is 19.7 Å². The number of amides is 1. The van der Waals surface area contributed by atoms with Gasteiger partial charge in [0.25, 0.3) is 0 Å². The van der Waals surface area contributed by atoms with Crippen LogP contribution in [0.3, 0.4) is 0 Å². The lowest BCUT2D eigenvalue weighted by Crippen LogP contribution is -2.19. The van der Waals surface area contributed by atoms with Crippen LogP contribution in [0.25, 0.3) is 10.9 Å². The molecule has 3 N–H and O–H groups in total. The minimum Gasteiger partial charge on any atom is -0.493 e. The number of nitrogens with zero attached hydrogens (tertiary/aromatic N) is 5. The minimum atomic E-state index is -1.07. The fraction of sp³-hybridized carbons (Fsp3) is 0.182. The Kier molecular flexibility index (Phi) is 6.41. The van der Waals surface area contributed by atoms with Gasteiger partial charge in [0.05, 0.1) is 29.7 Å². The zero-order valence-electron chi connectivity index (χ0n) is 17.4. The molecule has 0 spiro atoms. The highest BCUT2D eigenvalue weighted by Gasteiger charge is 2.23. The van der Waals surface area contributed by atoms with Gasteiger partial charge in [-0.1, -0.05) is 6.07 Å². The van der Waals surface area contributed by atoms with Crippen molar-refractivity contribution in [1.29, 1.82) is 0 Å². The molecule has 1 amide bonds. The molecule has 2 aromatic heterocycles. The monoisotopic (exact) mass is 454 g/mol. The number of anilines is 3. The third kappa shape index (κ3) is 4.72. The van der Waals surface area contributed by atoms with Crippen molar-refractivity contribution in [2.75, 3.05) is 18.1 Å². The average molecular weight is 454 g/mol. The maximum absolute atomic E-state index is 14.9. The highest BCUT2D eigenvalue weighted by molar-refractivity contribution is 5.95. The highest BCUT2D eigenvalue weighted by Crippen LogP contribution is 2.38. The zero-order chi connectivity index (χ0) is 23.4. The number of hydrogen-bond acceptors (Lipinski definition) is 7. The molecule has 4 aromatic rings. The van der Waals surface area contributed by atoms with Gasteiger partial charge in [-0.15, -0.1) is 0 Å². The van der Waals surface area contributed by atoms with E-state index in [9.17, 15) is 13.6 Å². The average Bonchev–Trinajstić information content (AvgIpc) is 3.24. The number of ether oxygens (including phenoxy) is 1. The number of carbonyl (C=O) groups is 1. The number of primary amides is 1. The van der Waals surface area contributed by atoms with Crippen LogP contribution in [0.15, 0.2) is 55.1 Å². The lowest BCUT2D eigenvalue weighted by molar-refractivity contribution is -0.118. The number of rotatable bonds is 9. The van der Waals surface area contributed by atoms with Crippen molar-refractivity contribution in [2.24, 2.45) is 5.73 Å². The van der Waals surface area contributed by atoms with E-state index >= 15 is 0 Å². The molecule has 170 valence electrons. The van der Waals surface area contributed by atoms with Crippen molar-refractivity contribution in [3.63, 3.8) is 0 Å². The summed E-state index contributed by atoms with van der Waals surface area (Å²) < 4.78 is 35.9. The summed E-state index contributed by atoms with van der Waals surface area (Å²) in [6.07, 6.45) is 4.66. The first-order valence-corrected chi connectivity index (χ1v) is 10.0. The Hall–Kier alpha value is -4.12. The summed E-state index contributed by atoms with van der Waals surface area (Å²) >= 11 is 0. The van der Waals surface area contributed by atoms with Gasteiger partial charge in [-0.3, -0.25) is 14.4 Å². The first-order valence-electron chi connectivity index (χ1n) is 10.0. The largest absolute Gasteiger partial charge is 0.493 e. The molecule has 0 atom stereocenters. The van der Waals surface area contributed by atoms with E-state index in [1.54, 1.807) is 18.2 Å². The van der Waals surface area contributed by atoms with Crippen LogP contribution < -0.4 is 15.4 Å². The van der Waals surface area contributed by atoms with Crippen LogP contribution in [0.1, 0.15) is 6.42 Å². The summed E-state index contributed by atoms with van der Waals surface area (Å²) in [4.78, 5) is 21.3. The quantitative estimate of drug-likeness (QED) is 0.373. The van der Waals surface area contributed by atoms with Crippen molar-refractivity contribution in [3.8, 4) is 5.75 Å². The summed E-state index contributed by atoms with van der Waals surface area (Å²) in [6, 6.07) is 8.89. The van der Waals surface area contributed by atoms with Gasteiger partial charge in [-0.2, -0.15) is 5.10 Å². The second-order valence-corrected chi connectivity index (χ2v) is 7.07. The van der Waals surface area contributed by atoms with E-state index in [1.165, 1.54) is 40.4 Å². The van der Waals surface area contributed by atoms with E-state index in [-0.39, 0.29) is 24.7 Å². The molecule has 0 aliphatic carbocycles. The number of nitrogens with two attached hydrogens (primary N) is 1. The Labute approximate surface area is 187 Å². The molecule has 2 aromatic carbocycles. The molecular weight excluding hydrogens is 434 g/mol. The van der Waals surface area contributed by atoms with Crippen LogP contribution >= 0.6 is 0 Å². The molecule has 0 radical (unpaired) electrons. The number of halogens is 2. The summed E-state index contributed by atoms with van der Waals surface area (Å²) in [6.45, 7) is 0.162. The first-order chi connectivity index (χ1) is 16.0. The van der Waals surface area contributed by atoms with Gasteiger partial charge in [-0.25, -0.2) is 18.7 Å². The summed E-state index contributed by atoms with van der Waals surface area (Å²) in [5.74, 6) is -1.89. The number of aromatic nitrogens is 4. The van der Waals surface area contributed by atoms with Gasteiger partial charge >= 0.3 is 0 Å². The van der Waals surface area contributed by atoms with Crippen molar-refractivity contribution in [3.05, 3.63) is 66.8 Å². The fourth-order valence-electron chi connectivity index (χ4n) is 3.30. The van der Waals surface area contributed by atoms with Crippen molar-refractivity contribution >= 4 is 34.0 Å². The number of fused-ring (bicyclic) bond motifs is 1. The minimum absolute atomic E-state index is 0.0114. The van der Waals surface area contributed by atoms with Crippen molar-refractivity contribution in [2.45, 2.75) is 13.0 Å². The lowest BCUT2D eigenvalue weighted by Gasteiger charge is -2.24. The molecule has 11 heteroatoms. The third-order valence-corrected chi connectivity index (χ3v) is 4.74. The normalized spacial score (nSPS) is 11.0. The second-order valence-electron chi connectivity index (χ2n) is 7.07. The van der Waals surface area contributed by atoms with Gasteiger partial charge < -0.3 is 15.6 Å². The Morgan fingerprint density at radius 2 is 2.06 bits per heavy atom. The predicted molar refractivity (Wildman–Crippen MR) is 116 cm³/mol. The van der Waals surface area contributed by atoms with E-state index in [2.05, 4.69) is 15.1 Å². The van der Waals surface area contributed by atoms with Gasteiger partial charge in [0, 0.05) is 30.7 Å². The standard InChI is InChI=1S/C22H20F2N6O3/c23-17-3-1-4-19(21(17)24)30(14-10-28-29(11-14)12-20(25)32)22-16-6-5-15(33-8-2-7-31)9-18(16)26-13-27-22/h1,3-6,9-11,13,31H,2,7-8,12H2,(H2,25,32). The molecule has 0 saturated heterocycles. The highest BCUT2D eigenvalue weighted by atomic mass is 19.2. The number of carbonyl (C=O) groups excluding carboxylic acids is 1. The molecule has 0 unspecified atom stereocenters. The Bertz CT molecular complexity index is 1300. The molecule has 0 bridgehead atoms. The van der Waals surface area contributed by atoms with E-state index in [1.807, 2.05) is 0 Å². The predicted octanol–water partition coefficient (Wildman–Crippen LogP) is 2.82. The molecule has 0 saturated carbocycles. The van der Waals surface area contributed by atoms with E-state index in [0.717, 1.165) is 6.07 Å². The Balaban J connectivity index is 1.84. The SMILES string of the molecule is NC(=O)Cn1cc(N(c2cccc(F)c2F)c2ncnc3cc(OCCCO)ccc23)cn1. The molecule has 0 fully saturated rings. The van der Waals surface area contributed by atoms with Crippen LogP contribution in [0.4, 0.5) is 26.0 Å². The first kappa shape index (κ1) is 22.1. The molecule has 0 aliphatic heterocycles. The number of aliphatic hydroxyl groups is 1. The molecular formula is C22H20F2N6O3. The Morgan fingerprint density at radius 3 is 2.85 bits per heavy atom. The molecule has 4 rings (SSSR count). The van der Waals surface area contributed by atoms with Crippen molar-refractivity contribution < 1.29 is 23.4 Å². The molecule has 9 nitrogen and oxygen atoms in total. The summed E-state index contributed by atoms with van der Waals surface area (Å²) in [5, 5.41) is 13.6. The van der Waals surface area contributed by atoms with Gasteiger partial charge in [0.15, 0.2) is 11.6 Å². The second kappa shape index (κ2) is 9.57. The smallest absolute Gasteiger partial charge is 0.239 e. The van der Waals surface area contributed by atoms with Gasteiger partial charge in [0.2, 0.25) is 5.91 Å². The van der Waals surface area contributed by atoms with E-state index in [4.69, 9.17) is 15.6 Å². The topological polar surface area (TPSA) is 119 Å². The molecule has 0 aliphatic rings.